The van der Waals surface area contributed by atoms with Crippen LogP contribution in [0.25, 0.3) is 0 Å². The first-order valence-corrected chi connectivity index (χ1v) is 4.05. The van der Waals surface area contributed by atoms with Crippen LogP contribution in [0, 0.1) is 0 Å². The van der Waals surface area contributed by atoms with Crippen LogP contribution >= 0.6 is 0 Å². The number of aliphatic hydroxyl groups is 1. The Morgan fingerprint density at radius 2 is 1.91 bits per heavy atom. The molecule has 1 aliphatic heterocycles. The van der Waals surface area contributed by atoms with Crippen LogP contribution in [0.1, 0.15) is 0 Å². The summed E-state index contributed by atoms with van der Waals surface area (Å²) in [6.45, 7) is 4.24. The molecule has 1 heterocycles. The maximum atomic E-state index is 9.35. The van der Waals surface area contributed by atoms with Gasteiger partial charge in [-0.05, 0) is 7.05 Å². The Balaban J connectivity index is 2.27. The molecule has 1 atom stereocenters. The predicted octanol–water partition coefficient (Wildman–Crippen LogP) is -1.49. The van der Waals surface area contributed by atoms with Gasteiger partial charge in [-0.3, -0.25) is 4.90 Å². The van der Waals surface area contributed by atoms with Crippen LogP contribution in [0.2, 0.25) is 0 Å². The van der Waals surface area contributed by atoms with E-state index in [4.69, 9.17) is 5.73 Å². The van der Waals surface area contributed by atoms with Crippen molar-refractivity contribution in [2.45, 2.75) is 6.23 Å². The van der Waals surface area contributed by atoms with E-state index in [2.05, 4.69) is 11.9 Å². The number of aliphatic hydroxyl groups excluding tert-OH is 1. The van der Waals surface area contributed by atoms with Crippen molar-refractivity contribution in [1.29, 1.82) is 0 Å². The molecule has 3 N–H and O–H groups in total. The molecule has 66 valence electrons. The van der Waals surface area contributed by atoms with Crippen LogP contribution < -0.4 is 5.73 Å². The molecular formula is C7H17N3O. The smallest absolute Gasteiger partial charge is 0.119 e. The first-order valence-electron chi connectivity index (χ1n) is 4.05. The summed E-state index contributed by atoms with van der Waals surface area (Å²) in [5.41, 5.74) is 5.33. The molecule has 0 radical (unpaired) electrons. The zero-order chi connectivity index (χ0) is 8.27. The van der Waals surface area contributed by atoms with Gasteiger partial charge in [0, 0.05) is 32.7 Å². The van der Waals surface area contributed by atoms with Crippen LogP contribution in [-0.4, -0.2) is 60.9 Å². The van der Waals surface area contributed by atoms with Crippen molar-refractivity contribution in [3.63, 3.8) is 0 Å². The molecule has 0 aliphatic carbocycles. The van der Waals surface area contributed by atoms with Crippen molar-refractivity contribution in [3.8, 4) is 0 Å². The predicted molar refractivity (Wildman–Crippen MR) is 44.1 cm³/mol. The fourth-order valence-corrected chi connectivity index (χ4v) is 1.27. The van der Waals surface area contributed by atoms with Gasteiger partial charge >= 0.3 is 0 Å². The SMILES string of the molecule is CN1CCN(C(O)CN)CC1. The van der Waals surface area contributed by atoms with Crippen molar-refractivity contribution in [3.05, 3.63) is 0 Å². The van der Waals surface area contributed by atoms with E-state index in [0.717, 1.165) is 26.2 Å². The summed E-state index contributed by atoms with van der Waals surface area (Å²) in [5.74, 6) is 0. The van der Waals surface area contributed by atoms with Gasteiger partial charge in [0.2, 0.25) is 0 Å². The van der Waals surface area contributed by atoms with E-state index >= 15 is 0 Å². The molecule has 1 rings (SSSR count). The lowest BCUT2D eigenvalue weighted by atomic mass is 10.3. The second-order valence-electron chi connectivity index (χ2n) is 3.06. The number of hydrogen-bond donors (Lipinski definition) is 2. The zero-order valence-electron chi connectivity index (χ0n) is 7.03. The van der Waals surface area contributed by atoms with Gasteiger partial charge in [0.15, 0.2) is 0 Å². The van der Waals surface area contributed by atoms with Crippen LogP contribution in [0.5, 0.6) is 0 Å². The summed E-state index contributed by atoms with van der Waals surface area (Å²) >= 11 is 0. The van der Waals surface area contributed by atoms with E-state index in [1.807, 2.05) is 4.90 Å². The second-order valence-corrected chi connectivity index (χ2v) is 3.06. The number of rotatable bonds is 2. The minimum Gasteiger partial charge on any atom is -0.377 e. The molecule has 11 heavy (non-hydrogen) atoms. The van der Waals surface area contributed by atoms with Crippen molar-refractivity contribution < 1.29 is 5.11 Å². The first-order chi connectivity index (χ1) is 5.24. The Labute approximate surface area is 67.6 Å². The molecule has 0 saturated carbocycles. The van der Waals surface area contributed by atoms with E-state index in [9.17, 15) is 5.11 Å². The third kappa shape index (κ3) is 2.41. The maximum absolute atomic E-state index is 9.35. The normalized spacial score (nSPS) is 25.4. The van der Waals surface area contributed by atoms with Gasteiger partial charge < -0.3 is 15.7 Å². The highest BCUT2D eigenvalue weighted by Gasteiger charge is 2.18. The van der Waals surface area contributed by atoms with Gasteiger partial charge in [0.05, 0.1) is 0 Å². The van der Waals surface area contributed by atoms with Crippen LogP contribution in [0.3, 0.4) is 0 Å². The third-order valence-electron chi connectivity index (χ3n) is 2.17. The zero-order valence-corrected chi connectivity index (χ0v) is 7.03. The molecule has 0 aromatic rings. The average Bonchev–Trinajstić information content (AvgIpc) is 2.05. The lowest BCUT2D eigenvalue weighted by molar-refractivity contribution is -0.0145. The fraction of sp³-hybridized carbons (Fsp3) is 1.00. The highest BCUT2D eigenvalue weighted by molar-refractivity contribution is 4.71. The van der Waals surface area contributed by atoms with E-state index in [-0.39, 0.29) is 0 Å². The van der Waals surface area contributed by atoms with E-state index in [0.29, 0.717) is 6.54 Å². The minimum absolute atomic E-state index is 0.337. The van der Waals surface area contributed by atoms with Crippen LogP contribution in [0.4, 0.5) is 0 Å². The Bertz CT molecular complexity index is 112. The Morgan fingerprint density at radius 3 is 2.36 bits per heavy atom. The van der Waals surface area contributed by atoms with E-state index in [1.165, 1.54) is 0 Å². The molecule has 0 aromatic carbocycles. The lowest BCUT2D eigenvalue weighted by Crippen LogP contribution is -2.51. The summed E-state index contributed by atoms with van der Waals surface area (Å²) in [7, 11) is 2.09. The van der Waals surface area contributed by atoms with E-state index in [1.54, 1.807) is 0 Å². The summed E-state index contributed by atoms with van der Waals surface area (Å²) in [6.07, 6.45) is -0.441. The highest BCUT2D eigenvalue weighted by Crippen LogP contribution is 2.01. The lowest BCUT2D eigenvalue weighted by Gasteiger charge is -2.34. The van der Waals surface area contributed by atoms with E-state index < -0.39 is 6.23 Å². The first kappa shape index (κ1) is 8.93. The van der Waals surface area contributed by atoms with Gasteiger partial charge in [-0.25, -0.2) is 0 Å². The molecule has 1 aliphatic rings. The summed E-state index contributed by atoms with van der Waals surface area (Å²) in [5, 5.41) is 9.35. The highest BCUT2D eigenvalue weighted by atomic mass is 16.3. The number of nitrogens with zero attached hydrogens (tertiary/aromatic N) is 2. The molecular weight excluding hydrogens is 142 g/mol. The fourth-order valence-electron chi connectivity index (χ4n) is 1.27. The van der Waals surface area contributed by atoms with Gasteiger partial charge in [-0.2, -0.15) is 0 Å². The molecule has 1 saturated heterocycles. The van der Waals surface area contributed by atoms with Crippen molar-refractivity contribution >= 4 is 0 Å². The molecule has 0 spiro atoms. The maximum Gasteiger partial charge on any atom is 0.119 e. The molecule has 0 bridgehead atoms. The number of likely N-dealkylation sites (N-methyl/N-ethyl adjacent to an activating group) is 1. The van der Waals surface area contributed by atoms with Crippen LogP contribution in [0.15, 0.2) is 0 Å². The van der Waals surface area contributed by atoms with Crippen molar-refractivity contribution in [2.75, 3.05) is 39.8 Å². The molecule has 1 fully saturated rings. The minimum atomic E-state index is -0.441. The quantitative estimate of drug-likeness (QED) is 0.515. The largest absolute Gasteiger partial charge is 0.377 e. The summed E-state index contributed by atoms with van der Waals surface area (Å²) < 4.78 is 0. The average molecular weight is 159 g/mol. The van der Waals surface area contributed by atoms with Gasteiger partial charge in [0.25, 0.3) is 0 Å². The van der Waals surface area contributed by atoms with Crippen molar-refractivity contribution in [1.82, 2.24) is 9.80 Å². The number of hydrogen-bond acceptors (Lipinski definition) is 4. The Kier molecular flexibility index (Phi) is 3.26. The number of nitrogens with two attached hydrogens (primary N) is 1. The molecule has 0 amide bonds. The van der Waals surface area contributed by atoms with Gasteiger partial charge in [-0.15, -0.1) is 0 Å². The molecule has 4 heteroatoms. The molecule has 1 unspecified atom stereocenters. The summed E-state index contributed by atoms with van der Waals surface area (Å²) in [4.78, 5) is 4.26. The monoisotopic (exact) mass is 159 g/mol. The topological polar surface area (TPSA) is 52.7 Å². The van der Waals surface area contributed by atoms with Gasteiger partial charge in [0.1, 0.15) is 6.23 Å². The van der Waals surface area contributed by atoms with Crippen molar-refractivity contribution in [2.24, 2.45) is 5.73 Å². The second kappa shape index (κ2) is 4.01. The number of piperazine rings is 1. The Morgan fingerprint density at radius 1 is 1.36 bits per heavy atom. The van der Waals surface area contributed by atoms with Gasteiger partial charge in [-0.1, -0.05) is 0 Å². The van der Waals surface area contributed by atoms with Crippen LogP contribution in [-0.2, 0) is 0 Å². The third-order valence-corrected chi connectivity index (χ3v) is 2.17. The standard InChI is InChI=1S/C7H17N3O/c1-9-2-4-10(5-3-9)7(11)6-8/h7,11H,2-6,8H2,1H3. The Hall–Kier alpha value is -0.160. The molecule has 0 aromatic heterocycles. The molecule has 4 nitrogen and oxygen atoms in total. The summed E-state index contributed by atoms with van der Waals surface area (Å²) in [6, 6.07) is 0.